The number of benzene rings is 2. The predicted molar refractivity (Wildman–Crippen MR) is 78.2 cm³/mol. The molecule has 0 saturated heterocycles. The zero-order chi connectivity index (χ0) is 14.0. The summed E-state index contributed by atoms with van der Waals surface area (Å²) >= 11 is 5.98. The molecule has 0 amide bonds. The normalized spacial score (nSPS) is 12.5. The third kappa shape index (κ3) is 2.96. The Morgan fingerprint density at radius 2 is 1.79 bits per heavy atom. The van der Waals surface area contributed by atoms with Gasteiger partial charge in [-0.15, -0.1) is 0 Å². The van der Waals surface area contributed by atoms with Gasteiger partial charge < -0.3 is 5.32 Å². The van der Waals surface area contributed by atoms with Gasteiger partial charge in [0.15, 0.2) is 0 Å². The number of hydrogen-bond acceptors (Lipinski definition) is 1. The van der Waals surface area contributed by atoms with E-state index < -0.39 is 0 Å². The Hall–Kier alpha value is -1.38. The number of halogens is 2. The largest absolute Gasteiger partial charge is 0.309 e. The van der Waals surface area contributed by atoms with Gasteiger partial charge in [-0.05, 0) is 50.2 Å². The second-order valence-electron chi connectivity index (χ2n) is 4.75. The second-order valence-corrected chi connectivity index (χ2v) is 5.18. The molecule has 3 heteroatoms. The number of aryl methyl sites for hydroxylation is 2. The Labute approximate surface area is 118 Å². The van der Waals surface area contributed by atoms with Crippen molar-refractivity contribution in [1.82, 2.24) is 5.32 Å². The lowest BCUT2D eigenvalue weighted by Gasteiger charge is -2.20. The van der Waals surface area contributed by atoms with E-state index in [0.29, 0.717) is 10.6 Å². The van der Waals surface area contributed by atoms with Crippen LogP contribution in [0.1, 0.15) is 28.3 Å². The summed E-state index contributed by atoms with van der Waals surface area (Å²) in [4.78, 5) is 0. The van der Waals surface area contributed by atoms with Crippen molar-refractivity contribution in [3.05, 3.63) is 69.5 Å². The monoisotopic (exact) mass is 277 g/mol. The van der Waals surface area contributed by atoms with Crippen molar-refractivity contribution < 1.29 is 4.39 Å². The van der Waals surface area contributed by atoms with Crippen molar-refractivity contribution in [2.75, 3.05) is 7.05 Å². The van der Waals surface area contributed by atoms with E-state index >= 15 is 0 Å². The summed E-state index contributed by atoms with van der Waals surface area (Å²) in [5, 5.41) is 3.71. The fraction of sp³-hybridized carbons (Fsp3) is 0.250. The fourth-order valence-corrected chi connectivity index (χ4v) is 2.54. The summed E-state index contributed by atoms with van der Waals surface area (Å²) in [6.07, 6.45) is 0. The van der Waals surface area contributed by atoms with E-state index in [2.05, 4.69) is 11.4 Å². The van der Waals surface area contributed by atoms with Gasteiger partial charge in [0.25, 0.3) is 0 Å². The van der Waals surface area contributed by atoms with Gasteiger partial charge in [0, 0.05) is 10.6 Å². The van der Waals surface area contributed by atoms with Gasteiger partial charge in [-0.2, -0.15) is 0 Å². The third-order valence-corrected chi connectivity index (χ3v) is 3.53. The van der Waals surface area contributed by atoms with Crippen molar-refractivity contribution in [2.24, 2.45) is 0 Å². The van der Waals surface area contributed by atoms with Crippen LogP contribution in [0.4, 0.5) is 4.39 Å². The molecular weight excluding hydrogens is 261 g/mol. The van der Waals surface area contributed by atoms with Crippen LogP contribution < -0.4 is 5.32 Å². The predicted octanol–water partition coefficient (Wildman–Crippen LogP) is 4.40. The van der Waals surface area contributed by atoms with Crippen LogP contribution in [0.25, 0.3) is 0 Å². The van der Waals surface area contributed by atoms with E-state index in [1.54, 1.807) is 12.1 Å². The highest BCUT2D eigenvalue weighted by Gasteiger charge is 2.18. The second kappa shape index (κ2) is 5.72. The first-order valence-electron chi connectivity index (χ1n) is 6.22. The zero-order valence-corrected chi connectivity index (χ0v) is 12.1. The molecule has 0 spiro atoms. The molecule has 19 heavy (non-hydrogen) atoms. The van der Waals surface area contributed by atoms with Crippen LogP contribution in [0.2, 0.25) is 5.02 Å². The van der Waals surface area contributed by atoms with Crippen LogP contribution in [-0.4, -0.2) is 7.05 Å². The van der Waals surface area contributed by atoms with E-state index in [9.17, 15) is 4.39 Å². The van der Waals surface area contributed by atoms with Gasteiger partial charge in [-0.3, -0.25) is 0 Å². The van der Waals surface area contributed by atoms with E-state index in [-0.39, 0.29) is 11.9 Å². The van der Waals surface area contributed by atoms with E-state index in [1.165, 1.54) is 11.6 Å². The van der Waals surface area contributed by atoms with Crippen LogP contribution in [0.15, 0.2) is 36.4 Å². The van der Waals surface area contributed by atoms with Crippen LogP contribution in [-0.2, 0) is 0 Å². The topological polar surface area (TPSA) is 12.0 Å². The third-order valence-electron chi connectivity index (χ3n) is 3.29. The molecule has 100 valence electrons. The number of hydrogen-bond donors (Lipinski definition) is 1. The quantitative estimate of drug-likeness (QED) is 0.876. The van der Waals surface area contributed by atoms with Gasteiger partial charge >= 0.3 is 0 Å². The molecule has 0 aromatic heterocycles. The van der Waals surface area contributed by atoms with E-state index in [4.69, 9.17) is 11.6 Å². The van der Waals surface area contributed by atoms with Gasteiger partial charge in [-0.25, -0.2) is 4.39 Å². The summed E-state index contributed by atoms with van der Waals surface area (Å²) in [7, 11) is 1.82. The SMILES string of the molecule is CNC(c1ccc(C)cc1C)c1cc(Cl)ccc1F. The molecule has 0 aliphatic rings. The Bertz CT molecular complexity index is 595. The molecule has 1 nitrogen and oxygen atoms in total. The molecule has 0 radical (unpaired) electrons. The summed E-state index contributed by atoms with van der Waals surface area (Å²) in [5.74, 6) is -0.247. The van der Waals surface area contributed by atoms with Gasteiger partial charge in [0.1, 0.15) is 5.82 Å². The molecule has 2 aromatic rings. The molecule has 1 atom stereocenters. The first-order valence-corrected chi connectivity index (χ1v) is 6.60. The molecule has 0 aliphatic carbocycles. The van der Waals surface area contributed by atoms with Gasteiger partial charge in [0.2, 0.25) is 0 Å². The lowest BCUT2D eigenvalue weighted by molar-refractivity contribution is 0.575. The maximum Gasteiger partial charge on any atom is 0.128 e. The summed E-state index contributed by atoms with van der Waals surface area (Å²) < 4.78 is 14.0. The average molecular weight is 278 g/mol. The van der Waals surface area contributed by atoms with Crippen molar-refractivity contribution in [1.29, 1.82) is 0 Å². The first kappa shape index (κ1) is 14.0. The van der Waals surface area contributed by atoms with Gasteiger partial charge in [-0.1, -0.05) is 35.4 Å². The molecule has 0 saturated carbocycles. The van der Waals surface area contributed by atoms with Gasteiger partial charge in [0.05, 0.1) is 6.04 Å². The minimum Gasteiger partial charge on any atom is -0.309 e. The summed E-state index contributed by atoms with van der Waals surface area (Å²) in [6, 6.07) is 10.6. The molecule has 2 aromatic carbocycles. The van der Waals surface area contributed by atoms with Crippen molar-refractivity contribution in [3.8, 4) is 0 Å². The van der Waals surface area contributed by atoms with Crippen molar-refractivity contribution in [2.45, 2.75) is 19.9 Å². The minimum absolute atomic E-state index is 0.195. The molecule has 1 unspecified atom stereocenters. The Morgan fingerprint density at radius 1 is 1.05 bits per heavy atom. The minimum atomic E-state index is -0.247. The Balaban J connectivity index is 2.52. The highest BCUT2D eigenvalue weighted by Crippen LogP contribution is 2.29. The molecule has 0 aliphatic heterocycles. The van der Waals surface area contributed by atoms with Crippen molar-refractivity contribution in [3.63, 3.8) is 0 Å². The number of nitrogens with one attached hydrogen (secondary N) is 1. The first-order chi connectivity index (χ1) is 9.02. The van der Waals surface area contributed by atoms with E-state index in [0.717, 1.165) is 11.1 Å². The summed E-state index contributed by atoms with van der Waals surface area (Å²) in [6.45, 7) is 4.08. The highest BCUT2D eigenvalue weighted by atomic mass is 35.5. The van der Waals surface area contributed by atoms with Crippen LogP contribution in [0.3, 0.4) is 0 Å². The molecular formula is C16H17ClFN. The molecule has 0 heterocycles. The molecule has 1 N–H and O–H groups in total. The molecule has 2 rings (SSSR count). The molecule has 0 fully saturated rings. The average Bonchev–Trinajstić information content (AvgIpc) is 2.36. The maximum absolute atomic E-state index is 14.0. The van der Waals surface area contributed by atoms with Crippen molar-refractivity contribution >= 4 is 11.6 Å². The lowest BCUT2D eigenvalue weighted by atomic mass is 9.93. The zero-order valence-electron chi connectivity index (χ0n) is 11.3. The highest BCUT2D eigenvalue weighted by molar-refractivity contribution is 6.30. The summed E-state index contributed by atoms with van der Waals surface area (Å²) in [5.41, 5.74) is 3.97. The van der Waals surface area contributed by atoms with Crippen LogP contribution in [0.5, 0.6) is 0 Å². The van der Waals surface area contributed by atoms with E-state index in [1.807, 2.05) is 33.0 Å². The molecule has 0 bridgehead atoms. The Kier molecular flexibility index (Phi) is 4.23. The van der Waals surface area contributed by atoms with Crippen LogP contribution >= 0.6 is 11.6 Å². The number of rotatable bonds is 3. The Morgan fingerprint density at radius 3 is 2.42 bits per heavy atom. The van der Waals surface area contributed by atoms with Crippen LogP contribution in [0, 0.1) is 19.7 Å². The lowest BCUT2D eigenvalue weighted by Crippen LogP contribution is -2.20. The standard InChI is InChI=1S/C16H17ClFN/c1-10-4-6-13(11(2)8-10)16(19-3)14-9-12(17)5-7-15(14)18/h4-9,16,19H,1-3H3. The maximum atomic E-state index is 14.0. The fourth-order valence-electron chi connectivity index (χ4n) is 2.36. The smallest absolute Gasteiger partial charge is 0.128 e.